The van der Waals surface area contributed by atoms with Crippen molar-refractivity contribution in [2.24, 2.45) is 0 Å². The van der Waals surface area contributed by atoms with Crippen molar-refractivity contribution in [3.05, 3.63) is 89.2 Å². The number of para-hydroxylation sites is 1. The van der Waals surface area contributed by atoms with E-state index in [2.05, 4.69) is 15.6 Å². The number of amides is 1. The maximum atomic E-state index is 12.5. The van der Waals surface area contributed by atoms with Crippen LogP contribution in [-0.2, 0) is 11.3 Å². The SMILES string of the molecule is COC(=O)c1ccccc1Nc1cncc(C(=O)NCc2ccc(C)cc2)c1. The molecule has 0 atom stereocenters. The number of esters is 1. The minimum absolute atomic E-state index is 0.224. The van der Waals surface area contributed by atoms with Gasteiger partial charge in [0.25, 0.3) is 5.91 Å². The summed E-state index contributed by atoms with van der Waals surface area (Å²) in [5.41, 5.74) is 4.19. The Morgan fingerprint density at radius 1 is 1.04 bits per heavy atom. The zero-order chi connectivity index (χ0) is 19.9. The first kappa shape index (κ1) is 19.1. The zero-order valence-electron chi connectivity index (χ0n) is 15.7. The van der Waals surface area contributed by atoms with E-state index in [9.17, 15) is 9.59 Å². The van der Waals surface area contributed by atoms with Crippen molar-refractivity contribution in [3.63, 3.8) is 0 Å². The Morgan fingerprint density at radius 2 is 1.79 bits per heavy atom. The van der Waals surface area contributed by atoms with Crippen molar-refractivity contribution < 1.29 is 14.3 Å². The molecule has 0 spiro atoms. The lowest BCUT2D eigenvalue weighted by Gasteiger charge is -2.11. The normalized spacial score (nSPS) is 10.2. The second-order valence-corrected chi connectivity index (χ2v) is 6.29. The molecule has 3 rings (SSSR count). The van der Waals surface area contributed by atoms with E-state index in [4.69, 9.17) is 4.74 Å². The van der Waals surface area contributed by atoms with E-state index in [1.165, 1.54) is 18.9 Å². The first-order chi connectivity index (χ1) is 13.6. The van der Waals surface area contributed by atoms with E-state index in [1.54, 1.807) is 36.5 Å². The minimum atomic E-state index is -0.442. The summed E-state index contributed by atoms with van der Waals surface area (Å²) in [5.74, 6) is -0.666. The molecule has 3 aromatic rings. The molecule has 0 saturated heterocycles. The van der Waals surface area contributed by atoms with Crippen molar-refractivity contribution in [1.82, 2.24) is 10.3 Å². The van der Waals surface area contributed by atoms with E-state index < -0.39 is 5.97 Å². The van der Waals surface area contributed by atoms with Gasteiger partial charge in [-0.2, -0.15) is 0 Å². The summed E-state index contributed by atoms with van der Waals surface area (Å²) in [4.78, 5) is 28.5. The fraction of sp³-hybridized carbons (Fsp3) is 0.136. The van der Waals surface area contributed by atoms with Crippen molar-refractivity contribution in [3.8, 4) is 0 Å². The van der Waals surface area contributed by atoms with Crippen LogP contribution in [0.3, 0.4) is 0 Å². The van der Waals surface area contributed by atoms with Crippen LogP contribution in [0.2, 0.25) is 0 Å². The third-order valence-electron chi connectivity index (χ3n) is 4.19. The first-order valence-electron chi connectivity index (χ1n) is 8.80. The van der Waals surface area contributed by atoms with Crippen molar-refractivity contribution >= 4 is 23.3 Å². The summed E-state index contributed by atoms with van der Waals surface area (Å²) in [7, 11) is 1.33. The third-order valence-corrected chi connectivity index (χ3v) is 4.19. The Kier molecular flexibility index (Phi) is 6.01. The molecule has 0 bridgehead atoms. The maximum absolute atomic E-state index is 12.5. The van der Waals surface area contributed by atoms with Gasteiger partial charge in [0.1, 0.15) is 0 Å². The fourth-order valence-corrected chi connectivity index (χ4v) is 2.66. The largest absolute Gasteiger partial charge is 0.465 e. The lowest BCUT2D eigenvalue weighted by molar-refractivity contribution is 0.0601. The molecule has 0 saturated carbocycles. The van der Waals surface area contributed by atoms with Gasteiger partial charge in [-0.05, 0) is 30.7 Å². The fourth-order valence-electron chi connectivity index (χ4n) is 2.66. The quantitative estimate of drug-likeness (QED) is 0.640. The van der Waals surface area contributed by atoms with Gasteiger partial charge in [0.2, 0.25) is 0 Å². The number of anilines is 2. The van der Waals surface area contributed by atoms with Crippen LogP contribution in [0.5, 0.6) is 0 Å². The number of hydrogen-bond donors (Lipinski definition) is 2. The number of pyridine rings is 1. The first-order valence-corrected chi connectivity index (χ1v) is 8.80. The highest BCUT2D eigenvalue weighted by molar-refractivity contribution is 5.97. The van der Waals surface area contributed by atoms with E-state index >= 15 is 0 Å². The molecule has 6 heteroatoms. The van der Waals surface area contributed by atoms with Gasteiger partial charge in [-0.15, -0.1) is 0 Å². The maximum Gasteiger partial charge on any atom is 0.339 e. The predicted molar refractivity (Wildman–Crippen MR) is 108 cm³/mol. The Labute approximate surface area is 163 Å². The highest BCUT2D eigenvalue weighted by atomic mass is 16.5. The summed E-state index contributed by atoms with van der Waals surface area (Å²) in [6.45, 7) is 2.45. The van der Waals surface area contributed by atoms with Gasteiger partial charge in [0, 0.05) is 12.7 Å². The van der Waals surface area contributed by atoms with Crippen LogP contribution in [0.25, 0.3) is 0 Å². The Hall–Kier alpha value is -3.67. The van der Waals surface area contributed by atoms with Crippen LogP contribution in [0.15, 0.2) is 67.0 Å². The van der Waals surface area contributed by atoms with Gasteiger partial charge >= 0.3 is 5.97 Å². The third kappa shape index (κ3) is 4.73. The number of ether oxygens (including phenoxy) is 1. The lowest BCUT2D eigenvalue weighted by atomic mass is 10.1. The molecule has 142 valence electrons. The highest BCUT2D eigenvalue weighted by Gasteiger charge is 2.12. The highest BCUT2D eigenvalue weighted by Crippen LogP contribution is 2.21. The molecule has 0 aliphatic rings. The van der Waals surface area contributed by atoms with E-state index in [-0.39, 0.29) is 5.91 Å². The van der Waals surface area contributed by atoms with E-state index in [0.29, 0.717) is 29.0 Å². The summed E-state index contributed by atoms with van der Waals surface area (Å²) >= 11 is 0. The monoisotopic (exact) mass is 375 g/mol. The molecular formula is C22H21N3O3. The van der Waals surface area contributed by atoms with Crippen LogP contribution in [0, 0.1) is 6.92 Å². The number of carbonyl (C=O) groups excluding carboxylic acids is 2. The van der Waals surface area contributed by atoms with Crippen LogP contribution >= 0.6 is 0 Å². The van der Waals surface area contributed by atoms with Crippen molar-refractivity contribution in [2.75, 3.05) is 12.4 Å². The van der Waals surface area contributed by atoms with Crippen LogP contribution in [0.4, 0.5) is 11.4 Å². The molecule has 1 aromatic heterocycles. The van der Waals surface area contributed by atoms with E-state index in [0.717, 1.165) is 5.56 Å². The van der Waals surface area contributed by atoms with Crippen molar-refractivity contribution in [1.29, 1.82) is 0 Å². The van der Waals surface area contributed by atoms with Crippen molar-refractivity contribution in [2.45, 2.75) is 13.5 Å². The predicted octanol–water partition coefficient (Wildman–Crippen LogP) is 3.85. The molecule has 2 aromatic carbocycles. The van der Waals surface area contributed by atoms with Gasteiger partial charge in [-0.25, -0.2) is 4.79 Å². The number of methoxy groups -OCH3 is 1. The number of carbonyl (C=O) groups is 2. The zero-order valence-corrected chi connectivity index (χ0v) is 15.7. The molecule has 28 heavy (non-hydrogen) atoms. The van der Waals surface area contributed by atoms with Crippen LogP contribution in [0.1, 0.15) is 31.8 Å². The second kappa shape index (κ2) is 8.81. The summed E-state index contributed by atoms with van der Waals surface area (Å²) in [6.07, 6.45) is 3.09. The number of aromatic nitrogens is 1. The minimum Gasteiger partial charge on any atom is -0.465 e. The van der Waals surface area contributed by atoms with Crippen LogP contribution < -0.4 is 10.6 Å². The van der Waals surface area contributed by atoms with Crippen LogP contribution in [-0.4, -0.2) is 24.0 Å². The molecule has 0 aliphatic heterocycles. The van der Waals surface area contributed by atoms with Gasteiger partial charge in [0.15, 0.2) is 0 Å². The number of hydrogen-bond acceptors (Lipinski definition) is 5. The number of nitrogens with one attached hydrogen (secondary N) is 2. The standard InChI is InChI=1S/C22H21N3O3/c1-15-7-9-16(10-8-15)12-24-21(26)17-11-18(14-23-13-17)25-20-6-4-3-5-19(20)22(27)28-2/h3-11,13-14,25H,12H2,1-2H3,(H,24,26). The Bertz CT molecular complexity index is 984. The molecular weight excluding hydrogens is 354 g/mol. The average Bonchev–Trinajstić information content (AvgIpc) is 2.73. The van der Waals surface area contributed by atoms with Gasteiger partial charge in [-0.1, -0.05) is 42.0 Å². The molecule has 0 radical (unpaired) electrons. The Balaban J connectivity index is 1.71. The molecule has 0 fully saturated rings. The smallest absolute Gasteiger partial charge is 0.339 e. The molecule has 1 heterocycles. The number of aryl methyl sites for hydroxylation is 1. The molecule has 0 unspecified atom stereocenters. The topological polar surface area (TPSA) is 80.3 Å². The second-order valence-electron chi connectivity index (χ2n) is 6.29. The molecule has 1 amide bonds. The number of benzene rings is 2. The van der Waals surface area contributed by atoms with Gasteiger partial charge in [0.05, 0.1) is 35.8 Å². The average molecular weight is 375 g/mol. The van der Waals surface area contributed by atoms with Gasteiger partial charge in [-0.3, -0.25) is 9.78 Å². The number of rotatable bonds is 6. The molecule has 0 aliphatic carbocycles. The summed E-state index contributed by atoms with van der Waals surface area (Å²) in [6, 6.07) is 16.6. The lowest BCUT2D eigenvalue weighted by Crippen LogP contribution is -2.23. The van der Waals surface area contributed by atoms with E-state index in [1.807, 2.05) is 31.2 Å². The number of nitrogens with zero attached hydrogens (tertiary/aromatic N) is 1. The summed E-state index contributed by atoms with van der Waals surface area (Å²) in [5, 5.41) is 6.00. The molecule has 6 nitrogen and oxygen atoms in total. The summed E-state index contributed by atoms with van der Waals surface area (Å²) < 4.78 is 4.80. The molecule has 2 N–H and O–H groups in total. The Morgan fingerprint density at radius 3 is 2.54 bits per heavy atom. The van der Waals surface area contributed by atoms with Gasteiger partial charge < -0.3 is 15.4 Å².